The highest BCUT2D eigenvalue weighted by Crippen LogP contribution is 2.17. The topological polar surface area (TPSA) is 79.8 Å². The highest BCUT2D eigenvalue weighted by molar-refractivity contribution is 6.09. The number of benzene rings is 3. The van der Waals surface area contributed by atoms with Crippen LogP contribution in [0.2, 0.25) is 0 Å². The molecule has 0 aliphatic heterocycles. The lowest BCUT2D eigenvalue weighted by atomic mass is 10.1. The SMILES string of the molecule is CCCCCOc1ccc(C=NNC(=O)c2ccccc2NC(=O)c2ccc(F)cc2)cc1. The van der Waals surface area contributed by atoms with Crippen molar-refractivity contribution in [2.75, 3.05) is 11.9 Å². The second kappa shape index (κ2) is 12.1. The molecule has 0 aliphatic rings. The molecule has 3 rings (SSSR count). The van der Waals surface area contributed by atoms with Crippen LogP contribution >= 0.6 is 0 Å². The van der Waals surface area contributed by atoms with E-state index in [9.17, 15) is 14.0 Å². The molecule has 0 heterocycles. The number of hydrogen-bond acceptors (Lipinski definition) is 4. The first kappa shape index (κ1) is 23.7. The maximum Gasteiger partial charge on any atom is 0.273 e. The first-order valence-corrected chi connectivity index (χ1v) is 10.8. The van der Waals surface area contributed by atoms with Crippen LogP contribution in [-0.2, 0) is 0 Å². The van der Waals surface area contributed by atoms with Crippen molar-refractivity contribution >= 4 is 23.7 Å². The maximum absolute atomic E-state index is 13.1. The zero-order valence-electron chi connectivity index (χ0n) is 18.4. The highest BCUT2D eigenvalue weighted by atomic mass is 19.1. The highest BCUT2D eigenvalue weighted by Gasteiger charge is 2.13. The largest absolute Gasteiger partial charge is 0.494 e. The molecule has 2 N–H and O–H groups in total. The summed E-state index contributed by atoms with van der Waals surface area (Å²) in [7, 11) is 0. The summed E-state index contributed by atoms with van der Waals surface area (Å²) in [6.45, 7) is 2.84. The molecule has 0 spiro atoms. The minimum absolute atomic E-state index is 0.251. The number of halogens is 1. The second-order valence-corrected chi connectivity index (χ2v) is 7.33. The van der Waals surface area contributed by atoms with Gasteiger partial charge in [-0.1, -0.05) is 31.9 Å². The molecule has 170 valence electrons. The number of rotatable bonds is 10. The number of carbonyl (C=O) groups excluding carboxylic acids is 2. The molecule has 0 bridgehead atoms. The van der Waals surface area contributed by atoms with Crippen molar-refractivity contribution in [3.63, 3.8) is 0 Å². The van der Waals surface area contributed by atoms with Crippen LogP contribution in [0, 0.1) is 5.82 Å². The number of hydrazone groups is 1. The van der Waals surface area contributed by atoms with Crippen molar-refractivity contribution in [1.29, 1.82) is 0 Å². The van der Waals surface area contributed by atoms with E-state index >= 15 is 0 Å². The minimum Gasteiger partial charge on any atom is -0.494 e. The van der Waals surface area contributed by atoms with Crippen molar-refractivity contribution < 1.29 is 18.7 Å². The first-order valence-electron chi connectivity index (χ1n) is 10.8. The van der Waals surface area contributed by atoms with Crippen LogP contribution in [-0.4, -0.2) is 24.6 Å². The Morgan fingerprint density at radius 1 is 0.939 bits per heavy atom. The summed E-state index contributed by atoms with van der Waals surface area (Å²) in [6.07, 6.45) is 4.84. The monoisotopic (exact) mass is 447 g/mol. The predicted molar refractivity (Wildman–Crippen MR) is 127 cm³/mol. The molecule has 0 unspecified atom stereocenters. The van der Waals surface area contributed by atoms with Crippen molar-refractivity contribution in [1.82, 2.24) is 5.43 Å². The summed E-state index contributed by atoms with van der Waals surface area (Å²) in [4.78, 5) is 25.0. The fraction of sp³-hybridized carbons (Fsp3) is 0.192. The quantitative estimate of drug-likeness (QED) is 0.248. The lowest BCUT2D eigenvalue weighted by Gasteiger charge is -2.10. The van der Waals surface area contributed by atoms with Gasteiger partial charge in [-0.25, -0.2) is 9.82 Å². The van der Waals surface area contributed by atoms with E-state index in [1.165, 1.54) is 30.5 Å². The average Bonchev–Trinajstić information content (AvgIpc) is 2.83. The summed E-state index contributed by atoms with van der Waals surface area (Å²) >= 11 is 0. The molecule has 2 amide bonds. The molecule has 7 heteroatoms. The van der Waals surface area contributed by atoms with Gasteiger partial charge in [-0.3, -0.25) is 9.59 Å². The van der Waals surface area contributed by atoms with Crippen LogP contribution < -0.4 is 15.5 Å². The van der Waals surface area contributed by atoms with Gasteiger partial charge in [-0.15, -0.1) is 0 Å². The number of para-hydroxylation sites is 1. The Bertz CT molecular complexity index is 1100. The van der Waals surface area contributed by atoms with Crippen LogP contribution in [0.1, 0.15) is 52.5 Å². The lowest BCUT2D eigenvalue weighted by Crippen LogP contribution is -2.21. The summed E-state index contributed by atoms with van der Waals surface area (Å²) < 4.78 is 18.8. The van der Waals surface area contributed by atoms with Crippen LogP contribution in [0.5, 0.6) is 5.75 Å². The lowest BCUT2D eigenvalue weighted by molar-refractivity contribution is 0.0956. The summed E-state index contributed by atoms with van der Waals surface area (Å²) in [5, 5.41) is 6.68. The standard InChI is InChI=1S/C26H26FN3O3/c1-2-3-6-17-33-22-15-9-19(10-16-22)18-28-30-26(32)23-7-4-5-8-24(23)29-25(31)20-11-13-21(27)14-12-20/h4-5,7-16,18H,2-3,6,17H2,1H3,(H,29,31)(H,30,32). The van der Waals surface area contributed by atoms with Gasteiger partial charge < -0.3 is 10.1 Å². The molecule has 0 radical (unpaired) electrons. The van der Waals surface area contributed by atoms with Crippen LogP contribution in [0.15, 0.2) is 77.9 Å². The summed E-state index contributed by atoms with van der Waals surface area (Å²) in [5.41, 5.74) is 4.12. The Balaban J connectivity index is 1.57. The smallest absolute Gasteiger partial charge is 0.273 e. The van der Waals surface area contributed by atoms with Gasteiger partial charge in [-0.2, -0.15) is 5.10 Å². The summed E-state index contributed by atoms with van der Waals surface area (Å²) in [5.74, 6) is -0.565. The number of carbonyl (C=O) groups is 2. The number of nitrogens with one attached hydrogen (secondary N) is 2. The van der Waals surface area contributed by atoms with E-state index in [2.05, 4.69) is 22.8 Å². The molecule has 0 atom stereocenters. The molecule has 0 saturated heterocycles. The third-order valence-corrected chi connectivity index (χ3v) is 4.80. The van der Waals surface area contributed by atoms with E-state index in [0.29, 0.717) is 12.3 Å². The van der Waals surface area contributed by atoms with E-state index in [1.807, 2.05) is 24.3 Å². The van der Waals surface area contributed by atoms with Gasteiger partial charge in [0.2, 0.25) is 0 Å². The fourth-order valence-electron chi connectivity index (χ4n) is 3.00. The summed E-state index contributed by atoms with van der Waals surface area (Å²) in [6, 6.07) is 19.1. The number of ether oxygens (including phenoxy) is 1. The minimum atomic E-state index is -0.475. The van der Waals surface area contributed by atoms with E-state index < -0.39 is 17.6 Å². The Kier molecular flexibility index (Phi) is 8.71. The first-order chi connectivity index (χ1) is 16.1. The maximum atomic E-state index is 13.1. The third-order valence-electron chi connectivity index (χ3n) is 4.80. The number of hydrogen-bond donors (Lipinski definition) is 2. The van der Waals surface area contributed by atoms with Crippen LogP contribution in [0.3, 0.4) is 0 Å². The van der Waals surface area contributed by atoms with E-state index in [-0.39, 0.29) is 11.1 Å². The van der Waals surface area contributed by atoms with Gasteiger partial charge in [0, 0.05) is 5.56 Å². The molecule has 0 saturated carbocycles. The Hall–Kier alpha value is -4.00. The Morgan fingerprint density at radius 3 is 2.39 bits per heavy atom. The van der Waals surface area contributed by atoms with Gasteiger partial charge in [0.25, 0.3) is 11.8 Å². The van der Waals surface area contributed by atoms with Crippen LogP contribution in [0.4, 0.5) is 10.1 Å². The van der Waals surface area contributed by atoms with Gasteiger partial charge in [0.1, 0.15) is 11.6 Å². The van der Waals surface area contributed by atoms with Gasteiger partial charge in [0.15, 0.2) is 0 Å². The van der Waals surface area contributed by atoms with Crippen molar-refractivity contribution in [2.24, 2.45) is 5.10 Å². The zero-order valence-corrected chi connectivity index (χ0v) is 18.4. The fourth-order valence-corrected chi connectivity index (χ4v) is 3.00. The molecule has 6 nitrogen and oxygen atoms in total. The molecule has 0 fully saturated rings. The number of nitrogens with zero attached hydrogens (tertiary/aromatic N) is 1. The molecular weight excluding hydrogens is 421 g/mol. The van der Waals surface area contributed by atoms with Crippen LogP contribution in [0.25, 0.3) is 0 Å². The molecule has 0 aromatic heterocycles. The molecular formula is C26H26FN3O3. The number of amides is 2. The Labute approximate surface area is 192 Å². The Morgan fingerprint density at radius 2 is 1.67 bits per heavy atom. The van der Waals surface area contributed by atoms with Crippen molar-refractivity contribution in [3.05, 3.63) is 95.3 Å². The second-order valence-electron chi connectivity index (χ2n) is 7.33. The van der Waals surface area contributed by atoms with Gasteiger partial charge >= 0.3 is 0 Å². The number of anilines is 1. The molecule has 0 aliphatic carbocycles. The average molecular weight is 448 g/mol. The van der Waals surface area contributed by atoms with E-state index in [0.717, 1.165) is 30.6 Å². The van der Waals surface area contributed by atoms with Gasteiger partial charge in [-0.05, 0) is 72.6 Å². The normalized spacial score (nSPS) is 10.7. The zero-order chi connectivity index (χ0) is 23.5. The van der Waals surface area contributed by atoms with E-state index in [4.69, 9.17) is 4.74 Å². The molecule has 3 aromatic rings. The van der Waals surface area contributed by atoms with Crippen molar-refractivity contribution in [3.8, 4) is 5.75 Å². The number of unbranched alkanes of at least 4 members (excludes halogenated alkanes) is 2. The van der Waals surface area contributed by atoms with Crippen molar-refractivity contribution in [2.45, 2.75) is 26.2 Å². The molecule has 3 aromatic carbocycles. The van der Waals surface area contributed by atoms with Gasteiger partial charge in [0.05, 0.1) is 24.1 Å². The predicted octanol–water partition coefficient (Wildman–Crippen LogP) is 5.41. The third kappa shape index (κ3) is 7.28. The molecule has 33 heavy (non-hydrogen) atoms. The van der Waals surface area contributed by atoms with E-state index in [1.54, 1.807) is 24.3 Å².